The van der Waals surface area contributed by atoms with Gasteiger partial charge in [-0.2, -0.15) is 4.31 Å². The van der Waals surface area contributed by atoms with Crippen molar-refractivity contribution in [3.63, 3.8) is 0 Å². The van der Waals surface area contributed by atoms with Crippen molar-refractivity contribution in [2.24, 2.45) is 11.8 Å². The maximum absolute atomic E-state index is 12.6. The first-order valence-electron chi connectivity index (χ1n) is 8.30. The van der Waals surface area contributed by atoms with Crippen molar-refractivity contribution in [2.45, 2.75) is 41.5 Å². The number of nitrogens with zero attached hydrogens (tertiary/aromatic N) is 1. The summed E-state index contributed by atoms with van der Waals surface area (Å²) in [6, 6.07) is 6.96. The van der Waals surface area contributed by atoms with Crippen molar-refractivity contribution in [1.82, 2.24) is 9.62 Å². The molecule has 3 atom stereocenters. The van der Waals surface area contributed by atoms with E-state index in [1.165, 1.54) is 26.3 Å². The number of carbonyl (C=O) groups is 1. The molecule has 1 N–H and O–H groups in total. The van der Waals surface area contributed by atoms with Crippen LogP contribution in [-0.4, -0.2) is 44.5 Å². The molecule has 2 bridgehead atoms. The first kappa shape index (κ1) is 17.8. The number of nitrogens with one attached hydrogen (secondary N) is 1. The van der Waals surface area contributed by atoms with Crippen LogP contribution in [0.2, 0.25) is 0 Å². The zero-order chi connectivity index (χ0) is 17.3. The lowest BCUT2D eigenvalue weighted by Gasteiger charge is -2.24. The van der Waals surface area contributed by atoms with Gasteiger partial charge in [-0.25, -0.2) is 8.42 Å². The topological polar surface area (TPSA) is 66.5 Å². The van der Waals surface area contributed by atoms with E-state index in [4.69, 9.17) is 0 Å². The second-order valence-electron chi connectivity index (χ2n) is 6.79. The molecule has 3 unspecified atom stereocenters. The third-order valence-electron chi connectivity index (χ3n) is 5.22. The van der Waals surface area contributed by atoms with E-state index in [-0.39, 0.29) is 23.4 Å². The molecule has 24 heavy (non-hydrogen) atoms. The van der Waals surface area contributed by atoms with Crippen LogP contribution in [0.4, 0.5) is 0 Å². The van der Waals surface area contributed by atoms with Crippen molar-refractivity contribution in [1.29, 1.82) is 0 Å². The van der Waals surface area contributed by atoms with Crippen LogP contribution >= 0.6 is 11.8 Å². The highest BCUT2D eigenvalue weighted by Crippen LogP contribution is 2.44. The third-order valence-corrected chi connectivity index (χ3v) is 7.78. The van der Waals surface area contributed by atoms with Crippen molar-refractivity contribution >= 4 is 27.7 Å². The second-order valence-corrected chi connectivity index (χ2v) is 9.71. The van der Waals surface area contributed by atoms with Crippen LogP contribution in [0.15, 0.2) is 34.1 Å². The fourth-order valence-corrected chi connectivity index (χ4v) is 5.42. The Kier molecular flexibility index (Phi) is 5.22. The van der Waals surface area contributed by atoms with Gasteiger partial charge in [0, 0.05) is 18.0 Å². The molecular weight excluding hydrogens is 344 g/mol. The normalized spacial score (nSPS) is 26.0. The van der Waals surface area contributed by atoms with Crippen LogP contribution in [0.25, 0.3) is 0 Å². The van der Waals surface area contributed by atoms with Gasteiger partial charge in [-0.3, -0.25) is 4.79 Å². The summed E-state index contributed by atoms with van der Waals surface area (Å²) in [4.78, 5) is 13.5. The van der Waals surface area contributed by atoms with E-state index in [1.54, 1.807) is 36.0 Å². The molecule has 2 saturated carbocycles. The van der Waals surface area contributed by atoms with Crippen molar-refractivity contribution in [2.75, 3.05) is 19.8 Å². The van der Waals surface area contributed by atoms with Gasteiger partial charge in [0.05, 0.1) is 11.4 Å². The monoisotopic (exact) mass is 368 g/mol. The number of amides is 1. The predicted octanol–water partition coefficient (Wildman–Crippen LogP) is 2.33. The highest BCUT2D eigenvalue weighted by atomic mass is 32.2. The van der Waals surface area contributed by atoms with Gasteiger partial charge in [0.15, 0.2) is 0 Å². The highest BCUT2D eigenvalue weighted by Gasteiger charge is 2.40. The largest absolute Gasteiger partial charge is 0.352 e. The van der Waals surface area contributed by atoms with Gasteiger partial charge in [-0.05, 0) is 61.6 Å². The van der Waals surface area contributed by atoms with E-state index in [9.17, 15) is 13.2 Å². The number of thioether (sulfide) groups is 1. The maximum Gasteiger partial charge on any atom is 0.243 e. The molecule has 0 spiro atoms. The molecule has 0 aromatic heterocycles. The Morgan fingerprint density at radius 2 is 1.96 bits per heavy atom. The van der Waals surface area contributed by atoms with E-state index >= 15 is 0 Å². The summed E-state index contributed by atoms with van der Waals surface area (Å²) >= 11 is 1.56. The van der Waals surface area contributed by atoms with Gasteiger partial charge in [0.2, 0.25) is 15.9 Å². The van der Waals surface area contributed by atoms with E-state index in [1.807, 2.05) is 6.26 Å². The van der Waals surface area contributed by atoms with Crippen LogP contribution in [0.5, 0.6) is 0 Å². The molecule has 0 heterocycles. The molecule has 7 heteroatoms. The number of carbonyl (C=O) groups excluding carboxylic acids is 1. The molecule has 132 valence electrons. The average Bonchev–Trinajstić information content (AvgIpc) is 3.17. The van der Waals surface area contributed by atoms with Crippen LogP contribution in [0, 0.1) is 11.8 Å². The number of sulfonamides is 1. The number of benzene rings is 1. The Labute approximate surface area is 148 Å². The van der Waals surface area contributed by atoms with E-state index in [2.05, 4.69) is 5.32 Å². The zero-order valence-corrected chi connectivity index (χ0v) is 15.7. The minimum atomic E-state index is -3.64. The molecule has 2 aliphatic rings. The third kappa shape index (κ3) is 3.63. The quantitative estimate of drug-likeness (QED) is 0.783. The van der Waals surface area contributed by atoms with Crippen molar-refractivity contribution in [3.8, 4) is 0 Å². The summed E-state index contributed by atoms with van der Waals surface area (Å²) in [5.74, 6) is 1.12. The molecule has 0 saturated heterocycles. The van der Waals surface area contributed by atoms with Gasteiger partial charge in [0.1, 0.15) is 0 Å². The van der Waals surface area contributed by atoms with Gasteiger partial charge in [-0.15, -0.1) is 11.8 Å². The minimum Gasteiger partial charge on any atom is -0.352 e. The molecule has 1 amide bonds. The Balaban J connectivity index is 1.60. The van der Waals surface area contributed by atoms with E-state index < -0.39 is 10.0 Å². The first-order chi connectivity index (χ1) is 11.4. The summed E-state index contributed by atoms with van der Waals surface area (Å²) in [7, 11) is -2.18. The lowest BCUT2D eigenvalue weighted by molar-refractivity contribution is -0.122. The Bertz CT molecular complexity index is 703. The van der Waals surface area contributed by atoms with Crippen LogP contribution in [0.1, 0.15) is 25.7 Å². The Hall–Kier alpha value is -1.05. The van der Waals surface area contributed by atoms with Crippen molar-refractivity contribution in [3.05, 3.63) is 24.3 Å². The fourth-order valence-electron chi connectivity index (χ4n) is 3.89. The SMILES string of the molecule is CSc1ccc(S(=O)(=O)N(C)CC(=O)NC2CC3CCC2C3)cc1. The maximum atomic E-state index is 12.6. The number of hydrogen-bond donors (Lipinski definition) is 1. The molecule has 0 radical (unpaired) electrons. The molecule has 1 aromatic rings. The summed E-state index contributed by atoms with van der Waals surface area (Å²) in [6.07, 6.45) is 6.66. The van der Waals surface area contributed by atoms with E-state index in [0.717, 1.165) is 21.5 Å². The van der Waals surface area contributed by atoms with Gasteiger partial charge < -0.3 is 5.32 Å². The smallest absolute Gasteiger partial charge is 0.243 e. The minimum absolute atomic E-state index is 0.138. The summed E-state index contributed by atoms with van der Waals surface area (Å²) in [5, 5.41) is 3.03. The van der Waals surface area contributed by atoms with Crippen LogP contribution in [0.3, 0.4) is 0 Å². The first-order valence-corrected chi connectivity index (χ1v) is 11.0. The van der Waals surface area contributed by atoms with Crippen LogP contribution in [-0.2, 0) is 14.8 Å². The lowest BCUT2D eigenvalue weighted by Crippen LogP contribution is -2.44. The summed E-state index contributed by atoms with van der Waals surface area (Å²) < 4.78 is 26.3. The molecule has 1 aromatic carbocycles. The van der Waals surface area contributed by atoms with Crippen molar-refractivity contribution < 1.29 is 13.2 Å². The van der Waals surface area contributed by atoms with Gasteiger partial charge in [0.25, 0.3) is 0 Å². The fraction of sp³-hybridized carbons (Fsp3) is 0.588. The summed E-state index contributed by atoms with van der Waals surface area (Å²) in [5.41, 5.74) is 0. The number of likely N-dealkylation sites (N-methyl/N-ethyl adjacent to an activating group) is 1. The number of fused-ring (bicyclic) bond motifs is 2. The molecule has 3 rings (SSSR count). The molecule has 2 aliphatic carbocycles. The molecule has 0 aliphatic heterocycles. The summed E-state index contributed by atoms with van der Waals surface area (Å²) in [6.45, 7) is -0.138. The predicted molar refractivity (Wildman–Crippen MR) is 95.4 cm³/mol. The Morgan fingerprint density at radius 3 is 2.50 bits per heavy atom. The Morgan fingerprint density at radius 1 is 1.25 bits per heavy atom. The highest BCUT2D eigenvalue weighted by molar-refractivity contribution is 7.98. The molecule has 2 fully saturated rings. The zero-order valence-electron chi connectivity index (χ0n) is 14.1. The lowest BCUT2D eigenvalue weighted by atomic mass is 9.95. The van der Waals surface area contributed by atoms with Gasteiger partial charge in [-0.1, -0.05) is 6.42 Å². The number of rotatable bonds is 6. The molecular formula is C17H24N2O3S2. The van der Waals surface area contributed by atoms with E-state index in [0.29, 0.717) is 5.92 Å². The second kappa shape index (κ2) is 7.06. The average molecular weight is 369 g/mol. The standard InChI is InChI=1S/C17H24N2O3S2/c1-19(24(21,22)15-7-5-14(23-2)6-8-15)11-17(20)18-16-10-12-3-4-13(16)9-12/h5-8,12-13,16H,3-4,9-11H2,1-2H3,(H,18,20). The van der Waals surface area contributed by atoms with Gasteiger partial charge >= 0.3 is 0 Å². The molecule has 5 nitrogen and oxygen atoms in total. The number of hydrogen-bond acceptors (Lipinski definition) is 4. The van der Waals surface area contributed by atoms with Crippen LogP contribution < -0.4 is 5.32 Å².